The highest BCUT2D eigenvalue weighted by Crippen LogP contribution is 2.20. The highest BCUT2D eigenvalue weighted by Gasteiger charge is 2.28. The zero-order valence-electron chi connectivity index (χ0n) is 17.7. The number of carbonyl (C=O) groups excluding carboxylic acids is 2. The molecule has 0 aliphatic rings. The molecule has 2 aromatic rings. The summed E-state index contributed by atoms with van der Waals surface area (Å²) in [5.74, 6) is 1.63. The van der Waals surface area contributed by atoms with E-state index in [1.54, 1.807) is 23.8 Å². The Bertz CT molecular complexity index is 829. The average molecular weight is 493 g/mol. The summed E-state index contributed by atoms with van der Waals surface area (Å²) < 4.78 is 6.33. The van der Waals surface area contributed by atoms with E-state index >= 15 is 0 Å². The van der Waals surface area contributed by atoms with Gasteiger partial charge in [0.1, 0.15) is 11.8 Å². The zero-order chi connectivity index (χ0) is 21.9. The molecule has 0 saturated carbocycles. The maximum atomic E-state index is 13.1. The molecule has 0 heterocycles. The molecule has 1 unspecified atom stereocenters. The summed E-state index contributed by atoms with van der Waals surface area (Å²) in [7, 11) is 1.62. The number of amides is 2. The van der Waals surface area contributed by atoms with Crippen molar-refractivity contribution in [1.29, 1.82) is 0 Å². The molecular weight excluding hydrogens is 464 g/mol. The van der Waals surface area contributed by atoms with E-state index in [2.05, 4.69) is 21.2 Å². The molecule has 0 radical (unpaired) electrons. The number of hydrogen-bond acceptors (Lipinski definition) is 4. The van der Waals surface area contributed by atoms with E-state index in [-0.39, 0.29) is 11.8 Å². The largest absolute Gasteiger partial charge is 0.497 e. The van der Waals surface area contributed by atoms with Crippen LogP contribution in [0.15, 0.2) is 53.0 Å². The Balaban J connectivity index is 2.12. The minimum atomic E-state index is -0.503. The molecular formula is C23H29BrN2O3S. The van der Waals surface area contributed by atoms with Crippen molar-refractivity contribution in [1.82, 2.24) is 10.2 Å². The van der Waals surface area contributed by atoms with Crippen LogP contribution in [0.2, 0.25) is 0 Å². The highest BCUT2D eigenvalue weighted by atomic mass is 79.9. The number of rotatable bonds is 11. The first-order valence-corrected chi connectivity index (χ1v) is 12.0. The van der Waals surface area contributed by atoms with Crippen molar-refractivity contribution in [3.8, 4) is 5.75 Å². The quantitative estimate of drug-likeness (QED) is 0.496. The molecule has 2 rings (SSSR count). The topological polar surface area (TPSA) is 58.6 Å². The second-order valence-electron chi connectivity index (χ2n) is 6.81. The third-order valence-electron chi connectivity index (χ3n) is 4.63. The Kier molecular flexibility index (Phi) is 10.2. The number of hydrogen-bond donors (Lipinski definition) is 1. The number of nitrogens with zero attached hydrogens (tertiary/aromatic N) is 1. The third-order valence-corrected chi connectivity index (χ3v) is 6.15. The Morgan fingerprint density at radius 2 is 1.87 bits per heavy atom. The predicted molar refractivity (Wildman–Crippen MR) is 127 cm³/mol. The monoisotopic (exact) mass is 492 g/mol. The van der Waals surface area contributed by atoms with E-state index in [1.165, 1.54) is 0 Å². The van der Waals surface area contributed by atoms with Gasteiger partial charge in [-0.25, -0.2) is 0 Å². The van der Waals surface area contributed by atoms with Crippen molar-refractivity contribution in [3.63, 3.8) is 0 Å². The molecule has 0 fully saturated rings. The number of nitrogens with one attached hydrogen (secondary N) is 1. The van der Waals surface area contributed by atoms with Gasteiger partial charge in [-0.05, 0) is 48.7 Å². The molecule has 0 aromatic heterocycles. The summed E-state index contributed by atoms with van der Waals surface area (Å²) in [5.41, 5.74) is 2.09. The van der Waals surface area contributed by atoms with E-state index in [0.717, 1.165) is 27.1 Å². The van der Waals surface area contributed by atoms with Crippen LogP contribution in [0.4, 0.5) is 0 Å². The van der Waals surface area contributed by atoms with Crippen LogP contribution in [-0.4, -0.2) is 42.2 Å². The third kappa shape index (κ3) is 7.36. The van der Waals surface area contributed by atoms with Crippen LogP contribution in [0.25, 0.3) is 0 Å². The molecule has 0 bridgehead atoms. The van der Waals surface area contributed by atoms with Gasteiger partial charge in [0.15, 0.2) is 0 Å². The normalized spacial score (nSPS) is 11.6. The molecule has 7 heteroatoms. The molecule has 30 heavy (non-hydrogen) atoms. The van der Waals surface area contributed by atoms with Gasteiger partial charge in [0.05, 0.1) is 12.9 Å². The molecule has 2 amide bonds. The Morgan fingerprint density at radius 1 is 1.13 bits per heavy atom. The summed E-state index contributed by atoms with van der Waals surface area (Å²) >= 11 is 4.99. The van der Waals surface area contributed by atoms with Crippen molar-refractivity contribution in [2.45, 2.75) is 38.6 Å². The fraction of sp³-hybridized carbons (Fsp3) is 0.391. The molecule has 0 spiro atoms. The summed E-state index contributed by atoms with van der Waals surface area (Å²) in [6.45, 7) is 4.72. The van der Waals surface area contributed by atoms with Gasteiger partial charge in [0.2, 0.25) is 11.8 Å². The fourth-order valence-corrected chi connectivity index (χ4v) is 4.23. The maximum absolute atomic E-state index is 13.1. The van der Waals surface area contributed by atoms with Crippen molar-refractivity contribution >= 4 is 39.5 Å². The Labute approximate surface area is 191 Å². The number of thioether (sulfide) groups is 1. The van der Waals surface area contributed by atoms with Gasteiger partial charge in [-0.1, -0.05) is 47.1 Å². The zero-order valence-corrected chi connectivity index (χ0v) is 20.1. The number of halogens is 1. The van der Waals surface area contributed by atoms with Crippen molar-refractivity contribution in [2.24, 2.45) is 0 Å². The Hall–Kier alpha value is -1.99. The lowest BCUT2D eigenvalue weighted by Gasteiger charge is -2.30. The first-order valence-electron chi connectivity index (χ1n) is 10.0. The molecule has 1 N–H and O–H groups in total. The second-order valence-corrected chi connectivity index (χ2v) is 8.71. The number of methoxy groups -OCH3 is 1. The van der Waals surface area contributed by atoms with Crippen LogP contribution in [0.3, 0.4) is 0 Å². The summed E-state index contributed by atoms with van der Waals surface area (Å²) in [4.78, 5) is 27.5. The highest BCUT2D eigenvalue weighted by molar-refractivity contribution is 9.10. The minimum absolute atomic E-state index is 0.0435. The van der Waals surface area contributed by atoms with Gasteiger partial charge in [-0.2, -0.15) is 0 Å². The molecule has 0 saturated heterocycles. The number of ether oxygens (including phenoxy) is 1. The SMILES string of the molecule is CCNC(=O)C(CC)N(Cc1cccc(OC)c1)C(=O)CSCc1ccc(Br)cc1. The van der Waals surface area contributed by atoms with Crippen molar-refractivity contribution in [3.05, 3.63) is 64.1 Å². The molecule has 0 aliphatic carbocycles. The molecule has 162 valence electrons. The van der Waals surface area contributed by atoms with E-state index < -0.39 is 6.04 Å². The number of likely N-dealkylation sites (N-methyl/N-ethyl adjacent to an activating group) is 1. The van der Waals surface area contributed by atoms with Crippen molar-refractivity contribution < 1.29 is 14.3 Å². The van der Waals surface area contributed by atoms with Gasteiger partial charge in [0, 0.05) is 23.3 Å². The molecule has 0 aliphatic heterocycles. The average Bonchev–Trinajstić information content (AvgIpc) is 2.75. The van der Waals surface area contributed by atoms with E-state index in [0.29, 0.717) is 25.3 Å². The van der Waals surface area contributed by atoms with Crippen molar-refractivity contribution in [2.75, 3.05) is 19.4 Å². The number of carbonyl (C=O) groups is 2. The van der Waals surface area contributed by atoms with Gasteiger partial charge in [-0.15, -0.1) is 11.8 Å². The smallest absolute Gasteiger partial charge is 0.242 e. The van der Waals surface area contributed by atoms with E-state index in [9.17, 15) is 9.59 Å². The maximum Gasteiger partial charge on any atom is 0.242 e. The van der Waals surface area contributed by atoms with Crippen LogP contribution in [0, 0.1) is 0 Å². The van der Waals surface area contributed by atoms with Crippen LogP contribution in [-0.2, 0) is 21.9 Å². The van der Waals surface area contributed by atoms with Gasteiger partial charge >= 0.3 is 0 Å². The summed E-state index contributed by atoms with van der Waals surface area (Å²) in [6, 6.07) is 15.2. The second kappa shape index (κ2) is 12.6. The first-order chi connectivity index (χ1) is 14.5. The summed E-state index contributed by atoms with van der Waals surface area (Å²) in [6.07, 6.45) is 0.554. The lowest BCUT2D eigenvalue weighted by Crippen LogP contribution is -2.49. The lowest BCUT2D eigenvalue weighted by molar-refractivity contribution is -0.139. The van der Waals surface area contributed by atoms with Crippen LogP contribution in [0.5, 0.6) is 5.75 Å². The van der Waals surface area contributed by atoms with Crippen LogP contribution >= 0.6 is 27.7 Å². The van der Waals surface area contributed by atoms with Crippen LogP contribution in [0.1, 0.15) is 31.4 Å². The fourth-order valence-electron chi connectivity index (χ4n) is 3.10. The Morgan fingerprint density at radius 3 is 2.50 bits per heavy atom. The van der Waals surface area contributed by atoms with Gasteiger partial charge in [0.25, 0.3) is 0 Å². The van der Waals surface area contributed by atoms with Gasteiger partial charge in [-0.3, -0.25) is 9.59 Å². The van der Waals surface area contributed by atoms with E-state index in [1.807, 2.05) is 62.4 Å². The minimum Gasteiger partial charge on any atom is -0.497 e. The first kappa shape index (κ1) is 24.3. The standard InChI is InChI=1S/C23H29BrN2O3S/c1-4-21(23(28)25-5-2)26(14-18-7-6-8-20(13-18)29-3)22(27)16-30-15-17-9-11-19(24)12-10-17/h6-13,21H,4-5,14-16H2,1-3H3,(H,25,28). The van der Waals surface area contributed by atoms with E-state index in [4.69, 9.17) is 4.74 Å². The molecule has 1 atom stereocenters. The number of benzene rings is 2. The summed E-state index contributed by atoms with van der Waals surface area (Å²) in [5, 5.41) is 2.86. The lowest BCUT2D eigenvalue weighted by atomic mass is 10.1. The molecule has 5 nitrogen and oxygen atoms in total. The molecule has 2 aromatic carbocycles. The van der Waals surface area contributed by atoms with Gasteiger partial charge < -0.3 is 15.0 Å². The van der Waals surface area contributed by atoms with Crippen LogP contribution < -0.4 is 10.1 Å². The predicted octanol–water partition coefficient (Wildman–Crippen LogP) is 4.63.